The van der Waals surface area contributed by atoms with Crippen molar-refractivity contribution >= 4 is 22.4 Å². The first-order valence-electron chi connectivity index (χ1n) is 8.95. The van der Waals surface area contributed by atoms with Gasteiger partial charge in [-0.1, -0.05) is 36.8 Å². The van der Waals surface area contributed by atoms with Crippen molar-refractivity contribution in [3.05, 3.63) is 66.6 Å². The highest BCUT2D eigenvalue weighted by molar-refractivity contribution is 5.85. The number of anilines is 1. The summed E-state index contributed by atoms with van der Waals surface area (Å²) < 4.78 is 4.86. The first-order chi connectivity index (χ1) is 13.1. The summed E-state index contributed by atoms with van der Waals surface area (Å²) in [5, 5.41) is 10.6. The lowest BCUT2D eigenvalue weighted by atomic mass is 10.1. The van der Waals surface area contributed by atoms with Crippen LogP contribution in [0.25, 0.3) is 10.8 Å². The third-order valence-electron chi connectivity index (χ3n) is 3.65. The quantitative estimate of drug-likeness (QED) is 0.386. The summed E-state index contributed by atoms with van der Waals surface area (Å²) in [6.07, 6.45) is 4.52. The van der Waals surface area contributed by atoms with Gasteiger partial charge in [0.25, 0.3) is 0 Å². The Kier molecular flexibility index (Phi) is 11.0. The van der Waals surface area contributed by atoms with E-state index in [2.05, 4.69) is 12.1 Å². The van der Waals surface area contributed by atoms with Gasteiger partial charge in [0, 0.05) is 12.1 Å². The summed E-state index contributed by atoms with van der Waals surface area (Å²) in [6, 6.07) is 17.8. The van der Waals surface area contributed by atoms with Crippen LogP contribution in [0, 0.1) is 0 Å². The normalized spacial score (nSPS) is 9.70. The number of aliphatic carboxylic acids is 1. The summed E-state index contributed by atoms with van der Waals surface area (Å²) in [5.41, 5.74) is 16.8. The molecule has 0 saturated heterocycles. The maximum absolute atomic E-state index is 9.93. The third kappa shape index (κ3) is 10.0. The monoisotopic (exact) mass is 371 g/mol. The van der Waals surface area contributed by atoms with Crippen LogP contribution in [0.5, 0.6) is 0 Å². The summed E-state index contributed by atoms with van der Waals surface area (Å²) in [6.45, 7) is 1.16. The number of carbonyl (C=O) groups is 1. The van der Waals surface area contributed by atoms with Crippen LogP contribution in [0.3, 0.4) is 0 Å². The van der Waals surface area contributed by atoms with E-state index in [0.29, 0.717) is 13.1 Å². The lowest BCUT2D eigenvalue weighted by molar-refractivity contribution is -0.137. The second-order valence-corrected chi connectivity index (χ2v) is 5.88. The van der Waals surface area contributed by atoms with E-state index < -0.39 is 5.97 Å². The molecule has 6 heteroatoms. The van der Waals surface area contributed by atoms with Crippen molar-refractivity contribution < 1.29 is 14.3 Å². The van der Waals surface area contributed by atoms with Gasteiger partial charge in [-0.25, -0.2) is 0 Å². The number of hydrogen-bond acceptors (Lipinski definition) is 5. The Bertz CT molecular complexity index is 773. The molecule has 3 aromatic rings. The number of carboxylic acids is 1. The van der Waals surface area contributed by atoms with E-state index in [1.165, 1.54) is 10.8 Å². The summed E-state index contributed by atoms with van der Waals surface area (Å²) in [5.74, 6) is 0.118. The summed E-state index contributed by atoms with van der Waals surface area (Å²) >= 11 is 0. The van der Waals surface area contributed by atoms with Crippen molar-refractivity contribution in [3.8, 4) is 0 Å². The average Bonchev–Trinajstić information content (AvgIpc) is 3.20. The molecule has 6 nitrogen and oxygen atoms in total. The highest BCUT2D eigenvalue weighted by Gasteiger charge is 1.94. The fraction of sp³-hybridized carbons (Fsp3) is 0.286. The minimum absolute atomic E-state index is 0.278. The van der Waals surface area contributed by atoms with Crippen molar-refractivity contribution in [2.24, 2.45) is 11.5 Å². The van der Waals surface area contributed by atoms with Crippen molar-refractivity contribution in [3.63, 3.8) is 0 Å². The van der Waals surface area contributed by atoms with Crippen LogP contribution in [0.2, 0.25) is 0 Å². The van der Waals surface area contributed by atoms with E-state index in [-0.39, 0.29) is 6.42 Å². The van der Waals surface area contributed by atoms with Crippen molar-refractivity contribution in [2.45, 2.75) is 32.2 Å². The molecule has 146 valence electrons. The molecule has 2 aromatic carbocycles. The molecule has 0 aliphatic rings. The van der Waals surface area contributed by atoms with Gasteiger partial charge in [0.15, 0.2) is 0 Å². The second-order valence-electron chi connectivity index (χ2n) is 5.88. The van der Waals surface area contributed by atoms with Crippen LogP contribution in [0.4, 0.5) is 5.69 Å². The van der Waals surface area contributed by atoms with Crippen LogP contribution in [0.1, 0.15) is 31.4 Å². The number of unbranched alkanes of at least 4 members (excludes halogenated alkanes) is 2. The van der Waals surface area contributed by atoms with E-state index in [0.717, 1.165) is 30.7 Å². The number of hydrogen-bond donors (Lipinski definition) is 4. The van der Waals surface area contributed by atoms with Crippen LogP contribution in [-0.4, -0.2) is 17.6 Å². The summed E-state index contributed by atoms with van der Waals surface area (Å²) in [7, 11) is 0. The van der Waals surface area contributed by atoms with Gasteiger partial charge in [-0.3, -0.25) is 4.79 Å². The Morgan fingerprint density at radius 3 is 2.22 bits per heavy atom. The number of carboxylic acid groups (broad SMARTS) is 1. The smallest absolute Gasteiger partial charge is 0.303 e. The Balaban J connectivity index is 0.000000208. The van der Waals surface area contributed by atoms with Gasteiger partial charge in [-0.2, -0.15) is 0 Å². The van der Waals surface area contributed by atoms with Crippen LogP contribution < -0.4 is 17.2 Å². The molecule has 0 aliphatic carbocycles. The molecule has 0 amide bonds. The maximum atomic E-state index is 9.93. The van der Waals surface area contributed by atoms with Gasteiger partial charge in [0.2, 0.25) is 0 Å². The number of fused-ring (bicyclic) bond motifs is 1. The van der Waals surface area contributed by atoms with Gasteiger partial charge in [0.05, 0.1) is 12.8 Å². The fourth-order valence-corrected chi connectivity index (χ4v) is 2.23. The molecule has 3 rings (SSSR count). The number of rotatable bonds is 6. The predicted octanol–water partition coefficient (Wildman–Crippen LogP) is 3.75. The van der Waals surface area contributed by atoms with Gasteiger partial charge in [0.1, 0.15) is 5.76 Å². The van der Waals surface area contributed by atoms with E-state index in [4.69, 9.17) is 26.7 Å². The van der Waals surface area contributed by atoms with Crippen molar-refractivity contribution in [2.75, 3.05) is 12.3 Å². The molecule has 27 heavy (non-hydrogen) atoms. The zero-order chi connectivity index (χ0) is 19.9. The molecule has 0 saturated carbocycles. The molecule has 0 fully saturated rings. The van der Waals surface area contributed by atoms with Gasteiger partial charge in [-0.15, -0.1) is 0 Å². The van der Waals surface area contributed by atoms with Gasteiger partial charge < -0.3 is 26.7 Å². The Hall–Kier alpha value is -2.83. The molecule has 7 N–H and O–H groups in total. The SMILES string of the molecule is NCCCCCC(=O)O.NCc1ccco1.Nc1ccc2ccccc2c1. The minimum atomic E-state index is -0.716. The third-order valence-corrected chi connectivity index (χ3v) is 3.65. The standard InChI is InChI=1S/C10H9N.C6H13NO2.C5H7NO/c11-10-6-5-8-3-1-2-4-9(8)7-10;7-5-3-1-2-4-6(8)9;6-4-5-2-1-3-7-5/h1-7H,11H2;1-5,7H2,(H,8,9);1-3H,4,6H2. The molecule has 1 heterocycles. The number of nitrogen functional groups attached to an aromatic ring is 1. The predicted molar refractivity (Wildman–Crippen MR) is 110 cm³/mol. The largest absolute Gasteiger partial charge is 0.481 e. The van der Waals surface area contributed by atoms with E-state index in [1.54, 1.807) is 6.26 Å². The van der Waals surface area contributed by atoms with Crippen LogP contribution in [-0.2, 0) is 11.3 Å². The maximum Gasteiger partial charge on any atom is 0.303 e. The first kappa shape index (κ1) is 22.2. The molecule has 0 unspecified atom stereocenters. The minimum Gasteiger partial charge on any atom is -0.481 e. The molecule has 0 aliphatic heterocycles. The van der Waals surface area contributed by atoms with Crippen molar-refractivity contribution in [1.82, 2.24) is 0 Å². The molecule has 1 aromatic heterocycles. The van der Waals surface area contributed by atoms with E-state index in [1.807, 2.05) is 42.5 Å². The summed E-state index contributed by atoms with van der Waals surface area (Å²) in [4.78, 5) is 9.93. The zero-order valence-electron chi connectivity index (χ0n) is 15.5. The first-order valence-corrected chi connectivity index (χ1v) is 8.95. The molecule has 0 atom stereocenters. The molecule has 0 bridgehead atoms. The molecule has 0 spiro atoms. The number of nitrogens with two attached hydrogens (primary N) is 3. The Labute approximate surface area is 160 Å². The number of benzene rings is 2. The zero-order valence-corrected chi connectivity index (χ0v) is 15.5. The Morgan fingerprint density at radius 1 is 0.926 bits per heavy atom. The topological polar surface area (TPSA) is 128 Å². The average molecular weight is 371 g/mol. The lowest BCUT2D eigenvalue weighted by Crippen LogP contribution is -1.99. The van der Waals surface area contributed by atoms with Gasteiger partial charge in [-0.05, 0) is 54.4 Å². The fourth-order valence-electron chi connectivity index (χ4n) is 2.23. The van der Waals surface area contributed by atoms with E-state index in [9.17, 15) is 4.79 Å². The van der Waals surface area contributed by atoms with Gasteiger partial charge >= 0.3 is 5.97 Å². The highest BCUT2D eigenvalue weighted by Crippen LogP contribution is 2.16. The van der Waals surface area contributed by atoms with E-state index >= 15 is 0 Å². The van der Waals surface area contributed by atoms with Crippen LogP contribution in [0.15, 0.2) is 65.3 Å². The van der Waals surface area contributed by atoms with Crippen LogP contribution >= 0.6 is 0 Å². The molecular weight excluding hydrogens is 342 g/mol. The highest BCUT2D eigenvalue weighted by atomic mass is 16.4. The number of furan rings is 1. The second kappa shape index (κ2) is 13.4. The molecular formula is C21H29N3O3. The lowest BCUT2D eigenvalue weighted by Gasteiger charge is -1.96. The molecule has 0 radical (unpaired) electrons. The Morgan fingerprint density at radius 2 is 1.67 bits per heavy atom. The van der Waals surface area contributed by atoms with Crippen molar-refractivity contribution in [1.29, 1.82) is 0 Å².